The Labute approximate surface area is 132 Å². The van der Waals surface area contributed by atoms with Gasteiger partial charge in [0.2, 0.25) is 9.04 Å². The second-order valence-electron chi connectivity index (χ2n) is 6.59. The summed E-state index contributed by atoms with van der Waals surface area (Å²) in [5, 5.41) is 0.290. The molecular weight excluding hydrogens is 272 g/mol. The Morgan fingerprint density at radius 3 is 2.48 bits per heavy atom. The molecule has 1 atom stereocenters. The van der Waals surface area contributed by atoms with Crippen molar-refractivity contribution in [3.8, 4) is 0 Å². The Morgan fingerprint density at radius 2 is 1.81 bits per heavy atom. The molecular formula is C19H31OSi. The van der Waals surface area contributed by atoms with E-state index < -0.39 is 9.04 Å². The van der Waals surface area contributed by atoms with E-state index in [4.69, 9.17) is 4.43 Å². The summed E-state index contributed by atoms with van der Waals surface area (Å²) >= 11 is 0. The molecule has 0 bridgehead atoms. The molecule has 2 rings (SSSR count). The molecule has 0 N–H and O–H groups in total. The van der Waals surface area contributed by atoms with Crippen LogP contribution in [0.4, 0.5) is 0 Å². The summed E-state index contributed by atoms with van der Waals surface area (Å²) in [6, 6.07) is 12.5. The van der Waals surface area contributed by atoms with Gasteiger partial charge in [0.25, 0.3) is 0 Å². The van der Waals surface area contributed by atoms with E-state index in [0.717, 1.165) is 6.61 Å². The Balaban J connectivity index is 2.02. The highest BCUT2D eigenvalue weighted by molar-refractivity contribution is 6.55. The zero-order valence-corrected chi connectivity index (χ0v) is 14.9. The molecule has 1 aromatic carbocycles. The maximum atomic E-state index is 6.28. The lowest BCUT2D eigenvalue weighted by atomic mass is 9.93. The Bertz CT molecular complexity index is 386. The first kappa shape index (κ1) is 16.8. The highest BCUT2D eigenvalue weighted by atomic mass is 28.3. The number of benzene rings is 1. The molecule has 2 heteroatoms. The van der Waals surface area contributed by atoms with Crippen LogP contribution in [0.25, 0.3) is 0 Å². The lowest BCUT2D eigenvalue weighted by Crippen LogP contribution is -2.45. The van der Waals surface area contributed by atoms with Crippen molar-refractivity contribution in [3.63, 3.8) is 0 Å². The van der Waals surface area contributed by atoms with Gasteiger partial charge >= 0.3 is 0 Å². The SMILES string of the molecule is CCCCCCCC(C)(c1ccccc1)[Si]1CCCCO1. The first-order valence-electron chi connectivity index (χ1n) is 8.82. The van der Waals surface area contributed by atoms with Crippen LogP contribution >= 0.6 is 0 Å². The fourth-order valence-corrected chi connectivity index (χ4v) is 6.34. The van der Waals surface area contributed by atoms with Crippen LogP contribution in [0.15, 0.2) is 30.3 Å². The predicted octanol–water partition coefficient (Wildman–Crippen LogP) is 5.65. The molecule has 1 fully saturated rings. The summed E-state index contributed by atoms with van der Waals surface area (Å²) in [6.07, 6.45) is 10.8. The van der Waals surface area contributed by atoms with Crippen LogP contribution in [0.5, 0.6) is 0 Å². The smallest absolute Gasteiger partial charge is 0.222 e. The Kier molecular flexibility index (Phi) is 6.98. The summed E-state index contributed by atoms with van der Waals surface area (Å²) < 4.78 is 6.28. The highest BCUT2D eigenvalue weighted by Crippen LogP contribution is 2.36. The second-order valence-corrected chi connectivity index (χ2v) is 9.33. The maximum Gasteiger partial charge on any atom is 0.222 e. The van der Waals surface area contributed by atoms with Crippen molar-refractivity contribution >= 4 is 9.04 Å². The monoisotopic (exact) mass is 303 g/mol. The van der Waals surface area contributed by atoms with Gasteiger partial charge in [-0.05, 0) is 24.4 Å². The summed E-state index contributed by atoms with van der Waals surface area (Å²) in [5.41, 5.74) is 1.51. The van der Waals surface area contributed by atoms with Gasteiger partial charge in [-0.25, -0.2) is 0 Å². The molecule has 1 saturated heterocycles. The van der Waals surface area contributed by atoms with E-state index in [9.17, 15) is 0 Å². The van der Waals surface area contributed by atoms with E-state index in [2.05, 4.69) is 44.2 Å². The third-order valence-corrected chi connectivity index (χ3v) is 8.01. The minimum atomic E-state index is -0.730. The van der Waals surface area contributed by atoms with Gasteiger partial charge in [-0.3, -0.25) is 0 Å². The van der Waals surface area contributed by atoms with Crippen molar-refractivity contribution in [2.24, 2.45) is 0 Å². The van der Waals surface area contributed by atoms with E-state index in [1.54, 1.807) is 0 Å². The third-order valence-electron chi connectivity index (χ3n) is 4.88. The average Bonchev–Trinajstić information content (AvgIpc) is 2.56. The summed E-state index contributed by atoms with van der Waals surface area (Å²) in [5.74, 6) is 0. The van der Waals surface area contributed by atoms with Crippen LogP contribution in [0.1, 0.15) is 70.8 Å². The topological polar surface area (TPSA) is 9.23 Å². The van der Waals surface area contributed by atoms with E-state index in [1.807, 2.05) is 0 Å². The van der Waals surface area contributed by atoms with Crippen molar-refractivity contribution in [3.05, 3.63) is 35.9 Å². The largest absolute Gasteiger partial charge is 0.416 e. The van der Waals surface area contributed by atoms with Gasteiger partial charge in [0.1, 0.15) is 0 Å². The molecule has 1 radical (unpaired) electrons. The van der Waals surface area contributed by atoms with E-state index in [1.165, 1.54) is 63.0 Å². The summed E-state index contributed by atoms with van der Waals surface area (Å²) in [7, 11) is -0.730. The van der Waals surface area contributed by atoms with Crippen molar-refractivity contribution in [1.82, 2.24) is 0 Å². The molecule has 0 aliphatic carbocycles. The molecule has 0 amide bonds. The minimum Gasteiger partial charge on any atom is -0.416 e. The molecule has 1 aliphatic rings. The first-order valence-corrected chi connectivity index (χ1v) is 10.4. The zero-order chi connectivity index (χ0) is 15.0. The van der Waals surface area contributed by atoms with Gasteiger partial charge in [0.15, 0.2) is 0 Å². The molecule has 1 nitrogen and oxygen atoms in total. The normalized spacial score (nSPS) is 19.3. The Hall–Kier alpha value is -0.603. The molecule has 1 unspecified atom stereocenters. The fraction of sp³-hybridized carbons (Fsp3) is 0.684. The number of rotatable bonds is 8. The number of hydrogen-bond donors (Lipinski definition) is 0. The van der Waals surface area contributed by atoms with Crippen LogP contribution in [-0.4, -0.2) is 15.6 Å². The molecule has 1 heterocycles. The molecule has 1 aromatic rings. The van der Waals surface area contributed by atoms with Crippen molar-refractivity contribution in [2.45, 2.75) is 76.3 Å². The van der Waals surface area contributed by atoms with E-state index >= 15 is 0 Å². The lowest BCUT2D eigenvalue weighted by Gasteiger charge is -2.38. The minimum absolute atomic E-state index is 0.290. The lowest BCUT2D eigenvalue weighted by molar-refractivity contribution is 0.262. The molecule has 0 saturated carbocycles. The zero-order valence-electron chi connectivity index (χ0n) is 13.9. The van der Waals surface area contributed by atoms with Gasteiger partial charge in [-0.2, -0.15) is 0 Å². The average molecular weight is 304 g/mol. The van der Waals surface area contributed by atoms with Crippen LogP contribution in [-0.2, 0) is 9.46 Å². The van der Waals surface area contributed by atoms with Crippen LogP contribution in [0.2, 0.25) is 6.04 Å². The maximum absolute atomic E-state index is 6.28. The van der Waals surface area contributed by atoms with Crippen LogP contribution in [0, 0.1) is 0 Å². The highest BCUT2D eigenvalue weighted by Gasteiger charge is 2.39. The summed E-state index contributed by atoms with van der Waals surface area (Å²) in [4.78, 5) is 0. The van der Waals surface area contributed by atoms with Crippen LogP contribution in [0.3, 0.4) is 0 Å². The molecule has 21 heavy (non-hydrogen) atoms. The summed E-state index contributed by atoms with van der Waals surface area (Å²) in [6.45, 7) is 5.75. The van der Waals surface area contributed by atoms with E-state index in [-0.39, 0.29) is 0 Å². The fourth-order valence-electron chi connectivity index (χ4n) is 3.42. The van der Waals surface area contributed by atoms with Gasteiger partial charge in [-0.15, -0.1) is 0 Å². The van der Waals surface area contributed by atoms with Gasteiger partial charge in [0, 0.05) is 11.6 Å². The van der Waals surface area contributed by atoms with Gasteiger partial charge < -0.3 is 4.43 Å². The third kappa shape index (κ3) is 4.69. The van der Waals surface area contributed by atoms with E-state index in [0.29, 0.717) is 5.04 Å². The van der Waals surface area contributed by atoms with Gasteiger partial charge in [0.05, 0.1) is 0 Å². The molecule has 117 valence electrons. The molecule has 0 aromatic heterocycles. The Morgan fingerprint density at radius 1 is 1.05 bits per heavy atom. The van der Waals surface area contributed by atoms with Crippen molar-refractivity contribution < 1.29 is 4.43 Å². The number of unbranched alkanes of at least 4 members (excludes halogenated alkanes) is 4. The van der Waals surface area contributed by atoms with Crippen LogP contribution < -0.4 is 0 Å². The molecule has 0 spiro atoms. The second kappa shape index (κ2) is 8.75. The van der Waals surface area contributed by atoms with Crippen molar-refractivity contribution in [1.29, 1.82) is 0 Å². The quantitative estimate of drug-likeness (QED) is 0.445. The predicted molar refractivity (Wildman–Crippen MR) is 92.9 cm³/mol. The van der Waals surface area contributed by atoms with Gasteiger partial charge in [-0.1, -0.05) is 82.7 Å². The standard InChI is InChI=1S/C19H31OSi/c1-3-4-5-6-10-15-19(2,18-13-8-7-9-14-18)21-17-12-11-16-20-21/h7-9,13-14H,3-6,10-12,15-17H2,1-2H3. The molecule has 1 aliphatic heterocycles. The first-order chi connectivity index (χ1) is 10.3. The van der Waals surface area contributed by atoms with Crippen molar-refractivity contribution in [2.75, 3.05) is 6.61 Å². The number of hydrogen-bond acceptors (Lipinski definition) is 1.